The van der Waals surface area contributed by atoms with Gasteiger partial charge < -0.3 is 9.73 Å². The second-order valence-electron chi connectivity index (χ2n) is 4.59. The number of nitrogens with one attached hydrogen (secondary N) is 1. The predicted octanol–water partition coefficient (Wildman–Crippen LogP) is 2.19. The maximum absolute atomic E-state index is 12.3. The normalized spacial score (nSPS) is 12.2. The van der Waals surface area contributed by atoms with E-state index in [1.165, 1.54) is 4.57 Å². The van der Waals surface area contributed by atoms with Crippen molar-refractivity contribution >= 4 is 22.8 Å². The Bertz CT molecular complexity index is 836. The van der Waals surface area contributed by atoms with E-state index in [-0.39, 0.29) is 5.91 Å². The van der Waals surface area contributed by atoms with E-state index in [4.69, 9.17) is 4.42 Å². The van der Waals surface area contributed by atoms with Gasteiger partial charge in [-0.25, -0.2) is 9.78 Å². The third-order valence-corrected chi connectivity index (χ3v) is 3.20. The molecule has 0 spiro atoms. The highest BCUT2D eigenvalue weighted by Gasteiger charge is 2.21. The van der Waals surface area contributed by atoms with Crippen LogP contribution in [0.15, 0.2) is 57.9 Å². The molecule has 0 aliphatic carbocycles. The van der Waals surface area contributed by atoms with Crippen LogP contribution in [-0.2, 0) is 4.79 Å². The lowest BCUT2D eigenvalue weighted by molar-refractivity contribution is -0.118. The highest BCUT2D eigenvalue weighted by Crippen LogP contribution is 2.17. The van der Waals surface area contributed by atoms with E-state index in [2.05, 4.69) is 10.3 Å². The average Bonchev–Trinajstić information content (AvgIpc) is 2.83. The zero-order valence-corrected chi connectivity index (χ0v) is 11.3. The van der Waals surface area contributed by atoms with Crippen LogP contribution < -0.4 is 11.1 Å². The number of nitrogens with zero attached hydrogens (tertiary/aromatic N) is 2. The summed E-state index contributed by atoms with van der Waals surface area (Å²) in [6, 6.07) is 11.5. The zero-order valence-electron chi connectivity index (χ0n) is 11.3. The quantitative estimate of drug-likeness (QED) is 0.799. The minimum absolute atomic E-state index is 0.331. The summed E-state index contributed by atoms with van der Waals surface area (Å²) in [4.78, 5) is 28.2. The standard InChI is InChI=1S/C15H13N3O3/c1-10(14(19)17-13-8-4-5-9-16-13)18-11-6-2-3-7-12(11)21-15(18)20/h2-10H,1H3,(H,16,17,19). The van der Waals surface area contributed by atoms with Gasteiger partial charge >= 0.3 is 5.76 Å². The lowest BCUT2D eigenvalue weighted by atomic mass is 10.2. The number of anilines is 1. The molecule has 2 heterocycles. The number of amides is 1. The Morgan fingerprint density at radius 2 is 2.00 bits per heavy atom. The molecule has 0 aliphatic heterocycles. The van der Waals surface area contributed by atoms with E-state index >= 15 is 0 Å². The van der Waals surface area contributed by atoms with Crippen LogP contribution in [0, 0.1) is 0 Å². The smallest absolute Gasteiger partial charge is 0.408 e. The molecule has 3 rings (SSSR count). The van der Waals surface area contributed by atoms with Crippen LogP contribution in [0.2, 0.25) is 0 Å². The van der Waals surface area contributed by atoms with Gasteiger partial charge in [-0.05, 0) is 31.2 Å². The molecular weight excluding hydrogens is 270 g/mol. The van der Waals surface area contributed by atoms with Gasteiger partial charge in [0.25, 0.3) is 0 Å². The first-order valence-corrected chi connectivity index (χ1v) is 6.49. The lowest BCUT2D eigenvalue weighted by Gasteiger charge is -2.12. The molecular formula is C15H13N3O3. The molecule has 106 valence electrons. The molecule has 2 aromatic heterocycles. The highest BCUT2D eigenvalue weighted by atomic mass is 16.4. The highest BCUT2D eigenvalue weighted by molar-refractivity contribution is 5.93. The van der Waals surface area contributed by atoms with Gasteiger partial charge in [0.15, 0.2) is 5.58 Å². The number of hydrogen-bond donors (Lipinski definition) is 1. The number of fused-ring (bicyclic) bond motifs is 1. The zero-order chi connectivity index (χ0) is 14.8. The van der Waals surface area contributed by atoms with E-state index in [9.17, 15) is 9.59 Å². The van der Waals surface area contributed by atoms with Gasteiger partial charge in [-0.1, -0.05) is 18.2 Å². The fourth-order valence-corrected chi connectivity index (χ4v) is 2.14. The van der Waals surface area contributed by atoms with Gasteiger partial charge in [0, 0.05) is 6.20 Å². The number of hydrogen-bond acceptors (Lipinski definition) is 4. The first-order chi connectivity index (χ1) is 10.2. The summed E-state index contributed by atoms with van der Waals surface area (Å²) < 4.78 is 6.46. The number of benzene rings is 1. The largest absolute Gasteiger partial charge is 0.420 e. The maximum Gasteiger partial charge on any atom is 0.420 e. The van der Waals surface area contributed by atoms with Crippen molar-refractivity contribution in [1.29, 1.82) is 0 Å². The van der Waals surface area contributed by atoms with Crippen molar-refractivity contribution in [3.05, 3.63) is 59.2 Å². The Morgan fingerprint density at radius 1 is 1.24 bits per heavy atom. The van der Waals surface area contributed by atoms with Gasteiger partial charge in [-0.3, -0.25) is 9.36 Å². The molecule has 1 unspecified atom stereocenters. The Hall–Kier alpha value is -2.89. The van der Waals surface area contributed by atoms with Crippen LogP contribution >= 0.6 is 0 Å². The number of rotatable bonds is 3. The second-order valence-corrected chi connectivity index (χ2v) is 4.59. The van der Waals surface area contributed by atoms with Crippen molar-refractivity contribution in [3.63, 3.8) is 0 Å². The SMILES string of the molecule is CC(C(=O)Nc1ccccn1)n1c(=O)oc2ccccc21. The van der Waals surface area contributed by atoms with Crippen LogP contribution in [0.3, 0.4) is 0 Å². The molecule has 21 heavy (non-hydrogen) atoms. The Kier molecular flexibility index (Phi) is 3.27. The lowest BCUT2D eigenvalue weighted by Crippen LogP contribution is -2.29. The van der Waals surface area contributed by atoms with Crippen molar-refractivity contribution in [2.75, 3.05) is 5.32 Å². The van der Waals surface area contributed by atoms with Crippen LogP contribution in [-0.4, -0.2) is 15.5 Å². The number of carbonyl (C=O) groups excluding carboxylic acids is 1. The van der Waals surface area contributed by atoms with E-state index < -0.39 is 11.8 Å². The first-order valence-electron chi connectivity index (χ1n) is 6.49. The number of para-hydroxylation sites is 2. The monoisotopic (exact) mass is 283 g/mol. The minimum atomic E-state index is -0.705. The first kappa shape index (κ1) is 13.1. The topological polar surface area (TPSA) is 77.1 Å². The number of carbonyl (C=O) groups is 1. The maximum atomic E-state index is 12.3. The molecule has 0 radical (unpaired) electrons. The van der Waals surface area contributed by atoms with Crippen LogP contribution in [0.4, 0.5) is 5.82 Å². The fraction of sp³-hybridized carbons (Fsp3) is 0.133. The van der Waals surface area contributed by atoms with Crippen LogP contribution in [0.1, 0.15) is 13.0 Å². The molecule has 1 amide bonds. The molecule has 6 nitrogen and oxygen atoms in total. The molecule has 3 aromatic rings. The third kappa shape index (κ3) is 2.43. The third-order valence-electron chi connectivity index (χ3n) is 3.20. The summed E-state index contributed by atoms with van der Waals surface area (Å²) in [5.74, 6) is -0.447. The molecule has 6 heteroatoms. The molecule has 0 saturated heterocycles. The fourth-order valence-electron chi connectivity index (χ4n) is 2.14. The van der Waals surface area contributed by atoms with Crippen LogP contribution in [0.5, 0.6) is 0 Å². The Balaban J connectivity index is 1.93. The van der Waals surface area contributed by atoms with Crippen LogP contribution in [0.25, 0.3) is 11.1 Å². The molecule has 0 bridgehead atoms. The number of pyridine rings is 1. The molecule has 0 fully saturated rings. The van der Waals surface area contributed by atoms with Gasteiger partial charge in [0.05, 0.1) is 5.52 Å². The van der Waals surface area contributed by atoms with Gasteiger partial charge in [-0.15, -0.1) is 0 Å². The van der Waals surface area contributed by atoms with Crippen molar-refractivity contribution in [2.24, 2.45) is 0 Å². The Labute approximate surface area is 120 Å². The molecule has 0 saturated carbocycles. The second kappa shape index (κ2) is 5.24. The van der Waals surface area contributed by atoms with Crippen molar-refractivity contribution < 1.29 is 9.21 Å². The average molecular weight is 283 g/mol. The van der Waals surface area contributed by atoms with Gasteiger partial charge in [0.2, 0.25) is 5.91 Å². The summed E-state index contributed by atoms with van der Waals surface area (Å²) in [5, 5.41) is 2.67. The predicted molar refractivity (Wildman–Crippen MR) is 78.1 cm³/mol. The molecule has 1 aromatic carbocycles. The van der Waals surface area contributed by atoms with Crippen molar-refractivity contribution in [3.8, 4) is 0 Å². The van der Waals surface area contributed by atoms with Crippen molar-refractivity contribution in [1.82, 2.24) is 9.55 Å². The van der Waals surface area contributed by atoms with E-state index in [0.29, 0.717) is 16.9 Å². The molecule has 1 atom stereocenters. The molecule has 1 N–H and O–H groups in total. The van der Waals surface area contributed by atoms with Gasteiger partial charge in [0.1, 0.15) is 11.9 Å². The van der Waals surface area contributed by atoms with Gasteiger partial charge in [-0.2, -0.15) is 0 Å². The number of aromatic nitrogens is 2. The summed E-state index contributed by atoms with van der Waals surface area (Å²) in [7, 11) is 0. The Morgan fingerprint density at radius 3 is 2.76 bits per heavy atom. The summed E-state index contributed by atoms with van der Waals surface area (Å²) >= 11 is 0. The number of oxazole rings is 1. The minimum Gasteiger partial charge on any atom is -0.408 e. The van der Waals surface area contributed by atoms with Crippen molar-refractivity contribution in [2.45, 2.75) is 13.0 Å². The van der Waals surface area contributed by atoms with E-state index in [0.717, 1.165) is 0 Å². The summed E-state index contributed by atoms with van der Waals surface area (Å²) in [5.41, 5.74) is 1.05. The summed E-state index contributed by atoms with van der Waals surface area (Å²) in [6.07, 6.45) is 1.58. The summed E-state index contributed by atoms with van der Waals surface area (Å²) in [6.45, 7) is 1.64. The van der Waals surface area contributed by atoms with E-state index in [1.807, 2.05) is 0 Å². The molecule has 0 aliphatic rings. The van der Waals surface area contributed by atoms with E-state index in [1.54, 1.807) is 55.6 Å².